The van der Waals surface area contributed by atoms with Crippen LogP contribution in [0.1, 0.15) is 136 Å². The molecule has 5 nitrogen and oxygen atoms in total. The van der Waals surface area contributed by atoms with Crippen molar-refractivity contribution in [2.45, 2.75) is 142 Å². The number of hydrogen-bond acceptors (Lipinski definition) is 3. The number of carboxylic acids is 1. The van der Waals surface area contributed by atoms with Crippen LogP contribution in [0.3, 0.4) is 0 Å². The molecular formula is C29H54N3O2+. The quantitative estimate of drug-likeness (QED) is 0.0889. The molecular weight excluding hydrogens is 422 g/mol. The summed E-state index contributed by atoms with van der Waals surface area (Å²) in [5, 5.41) is 9.27. The van der Waals surface area contributed by atoms with Gasteiger partial charge in [-0.3, -0.25) is 5.73 Å². The second kappa shape index (κ2) is 19.8. The summed E-state index contributed by atoms with van der Waals surface area (Å²) < 4.78 is 0.141. The van der Waals surface area contributed by atoms with Crippen LogP contribution in [0, 0.1) is 0 Å². The van der Waals surface area contributed by atoms with Crippen LogP contribution in [0.5, 0.6) is 0 Å². The summed E-state index contributed by atoms with van der Waals surface area (Å²) in [6, 6.07) is 0. The molecule has 1 aliphatic heterocycles. The number of carbonyl (C=O) groups is 1. The molecule has 0 aromatic heterocycles. The average molecular weight is 477 g/mol. The van der Waals surface area contributed by atoms with Crippen molar-refractivity contribution in [3.63, 3.8) is 0 Å². The Morgan fingerprint density at radius 2 is 1.35 bits per heavy atom. The number of aliphatic carboxylic acids is 1. The van der Waals surface area contributed by atoms with Gasteiger partial charge in [-0.25, -0.2) is 14.3 Å². The van der Waals surface area contributed by atoms with E-state index in [0.717, 1.165) is 25.1 Å². The molecule has 2 unspecified atom stereocenters. The summed E-state index contributed by atoms with van der Waals surface area (Å²) in [5.74, 6) is 0.0000451. The van der Waals surface area contributed by atoms with E-state index in [1.807, 2.05) is 13.1 Å². The fraction of sp³-hybridized carbons (Fsp3) is 0.793. The molecule has 0 bridgehead atoms. The summed E-state index contributed by atoms with van der Waals surface area (Å²) in [4.78, 5) is 15.7. The molecule has 5 heteroatoms. The number of allylic oxidation sites excluding steroid dienone is 2. The van der Waals surface area contributed by atoms with Gasteiger partial charge in [-0.05, 0) is 19.3 Å². The standard InChI is InChI=1S/C29H53N3O2/c1-3-4-5-6-7-8-9-10-11-12-13-14-15-16-17-18-19-20-21-22-23-28-31-24-25-32(28,27(2)30)26-29(33)34/h20-21,24-25,27H,3-19,22-23,26,30H2,1-2H3/p+1/b21-20+. The summed E-state index contributed by atoms with van der Waals surface area (Å²) in [6.45, 7) is 4.09. The van der Waals surface area contributed by atoms with Gasteiger partial charge in [-0.2, -0.15) is 0 Å². The second-order valence-electron chi connectivity index (χ2n) is 10.2. The van der Waals surface area contributed by atoms with Crippen molar-refractivity contribution in [1.82, 2.24) is 0 Å². The first-order valence-electron chi connectivity index (χ1n) is 14.3. The van der Waals surface area contributed by atoms with Crippen molar-refractivity contribution in [1.29, 1.82) is 0 Å². The van der Waals surface area contributed by atoms with Crippen LogP contribution in [0.15, 0.2) is 29.5 Å². The van der Waals surface area contributed by atoms with Crippen LogP contribution < -0.4 is 5.73 Å². The van der Waals surface area contributed by atoms with E-state index in [-0.39, 0.29) is 17.2 Å². The lowest BCUT2D eigenvalue weighted by Gasteiger charge is -2.34. The Labute approximate surface area is 210 Å². The zero-order chi connectivity index (χ0) is 24.9. The maximum atomic E-state index is 11.3. The van der Waals surface area contributed by atoms with Gasteiger partial charge in [0.2, 0.25) is 5.84 Å². The summed E-state index contributed by atoms with van der Waals surface area (Å²) in [7, 11) is 0. The number of unbranched alkanes of at least 4 members (excludes halogenated alkanes) is 16. The highest BCUT2D eigenvalue weighted by Crippen LogP contribution is 2.22. The van der Waals surface area contributed by atoms with E-state index in [0.29, 0.717) is 0 Å². The van der Waals surface area contributed by atoms with Crippen LogP contribution >= 0.6 is 0 Å². The second-order valence-corrected chi connectivity index (χ2v) is 10.2. The highest BCUT2D eigenvalue weighted by atomic mass is 16.4. The fourth-order valence-corrected chi connectivity index (χ4v) is 4.85. The Bertz CT molecular complexity index is 612. The van der Waals surface area contributed by atoms with E-state index >= 15 is 0 Å². The van der Waals surface area contributed by atoms with Gasteiger partial charge in [0.25, 0.3) is 0 Å². The molecule has 0 aromatic rings. The Balaban J connectivity index is 1.93. The van der Waals surface area contributed by atoms with Gasteiger partial charge in [-0.15, -0.1) is 0 Å². The minimum Gasteiger partial charge on any atom is -0.477 e. The Morgan fingerprint density at radius 3 is 1.82 bits per heavy atom. The minimum absolute atomic E-state index is 0.0457. The lowest BCUT2D eigenvalue weighted by Crippen LogP contribution is -2.59. The molecule has 0 fully saturated rings. The van der Waals surface area contributed by atoms with Crippen LogP contribution in [-0.4, -0.2) is 34.1 Å². The largest absolute Gasteiger partial charge is 0.477 e. The van der Waals surface area contributed by atoms with Crippen molar-refractivity contribution in [2.24, 2.45) is 10.7 Å². The molecule has 34 heavy (non-hydrogen) atoms. The third-order valence-electron chi connectivity index (χ3n) is 7.09. The van der Waals surface area contributed by atoms with E-state index < -0.39 is 5.97 Å². The molecule has 2 atom stereocenters. The number of hydrogen-bond donors (Lipinski definition) is 2. The number of rotatable bonds is 23. The molecule has 0 amide bonds. The Hall–Kier alpha value is -1.46. The van der Waals surface area contributed by atoms with Crippen LogP contribution in [0.4, 0.5) is 0 Å². The lowest BCUT2D eigenvalue weighted by atomic mass is 10.0. The predicted molar refractivity (Wildman–Crippen MR) is 146 cm³/mol. The molecule has 0 saturated heterocycles. The van der Waals surface area contributed by atoms with Crippen molar-refractivity contribution >= 4 is 11.8 Å². The van der Waals surface area contributed by atoms with Gasteiger partial charge in [-0.1, -0.05) is 115 Å². The normalized spacial score (nSPS) is 18.6. The van der Waals surface area contributed by atoms with E-state index in [2.05, 4.69) is 24.1 Å². The van der Waals surface area contributed by atoms with Crippen LogP contribution in [-0.2, 0) is 4.79 Å². The summed E-state index contributed by atoms with van der Waals surface area (Å²) >= 11 is 0. The summed E-state index contributed by atoms with van der Waals surface area (Å²) in [5.41, 5.74) is 6.11. The van der Waals surface area contributed by atoms with Crippen molar-refractivity contribution in [2.75, 3.05) is 6.54 Å². The Morgan fingerprint density at radius 1 is 0.882 bits per heavy atom. The SMILES string of the molecule is CCCCCCCCCCCCCCCCCC/C=C/CCC1=NC=C[N+]1(CC(=O)O)C(C)N. The monoisotopic (exact) mass is 476 g/mol. The van der Waals surface area contributed by atoms with Gasteiger partial charge in [0.15, 0.2) is 6.54 Å². The zero-order valence-electron chi connectivity index (χ0n) is 22.4. The van der Waals surface area contributed by atoms with Crippen molar-refractivity contribution in [3.05, 3.63) is 24.6 Å². The molecule has 0 saturated carbocycles. The first kappa shape index (κ1) is 30.6. The number of carboxylic acid groups (broad SMARTS) is 1. The minimum atomic E-state index is -0.851. The average Bonchev–Trinajstić information content (AvgIpc) is 3.20. The highest BCUT2D eigenvalue weighted by molar-refractivity contribution is 5.81. The van der Waals surface area contributed by atoms with E-state index in [1.54, 1.807) is 6.20 Å². The van der Waals surface area contributed by atoms with Gasteiger partial charge < -0.3 is 5.11 Å². The first-order valence-corrected chi connectivity index (χ1v) is 14.3. The maximum absolute atomic E-state index is 11.3. The van der Waals surface area contributed by atoms with Gasteiger partial charge in [0.1, 0.15) is 12.4 Å². The van der Waals surface area contributed by atoms with Gasteiger partial charge in [0, 0.05) is 13.3 Å². The topological polar surface area (TPSA) is 75.7 Å². The molecule has 3 N–H and O–H groups in total. The first-order chi connectivity index (χ1) is 16.5. The van der Waals surface area contributed by atoms with Gasteiger partial charge >= 0.3 is 5.97 Å². The number of nitrogens with two attached hydrogens (primary N) is 1. The highest BCUT2D eigenvalue weighted by Gasteiger charge is 2.40. The van der Waals surface area contributed by atoms with Crippen LogP contribution in [0.2, 0.25) is 0 Å². The van der Waals surface area contributed by atoms with Crippen molar-refractivity contribution in [3.8, 4) is 0 Å². The number of amidine groups is 1. The lowest BCUT2D eigenvalue weighted by molar-refractivity contribution is -0.805. The predicted octanol–water partition coefficient (Wildman–Crippen LogP) is 8.06. The van der Waals surface area contributed by atoms with E-state index in [1.165, 1.54) is 103 Å². The van der Waals surface area contributed by atoms with Crippen LogP contribution in [0.25, 0.3) is 0 Å². The molecule has 196 valence electrons. The maximum Gasteiger partial charge on any atom is 0.360 e. The summed E-state index contributed by atoms with van der Waals surface area (Å²) in [6.07, 6.45) is 32.8. The number of quaternary nitrogens is 1. The van der Waals surface area contributed by atoms with E-state index in [4.69, 9.17) is 5.73 Å². The molecule has 0 aliphatic carbocycles. The molecule has 1 heterocycles. The third-order valence-corrected chi connectivity index (χ3v) is 7.09. The molecule has 0 spiro atoms. The van der Waals surface area contributed by atoms with E-state index in [9.17, 15) is 9.90 Å². The molecule has 0 aromatic carbocycles. The number of nitrogens with zero attached hydrogens (tertiary/aromatic N) is 2. The fourth-order valence-electron chi connectivity index (χ4n) is 4.85. The van der Waals surface area contributed by atoms with Crippen molar-refractivity contribution < 1.29 is 14.4 Å². The zero-order valence-corrected chi connectivity index (χ0v) is 22.4. The smallest absolute Gasteiger partial charge is 0.360 e. The molecule has 0 radical (unpaired) electrons. The number of aliphatic imine (C=N–C) groups is 1. The molecule has 1 rings (SSSR count). The Kier molecular flexibility index (Phi) is 17.8. The molecule has 1 aliphatic rings. The third kappa shape index (κ3) is 13.4. The van der Waals surface area contributed by atoms with Gasteiger partial charge in [0.05, 0.1) is 6.20 Å².